The molecule has 1 saturated heterocycles. The minimum atomic E-state index is -0.630. The van der Waals surface area contributed by atoms with Crippen molar-refractivity contribution in [1.29, 1.82) is 0 Å². The number of ether oxygens (including phenoxy) is 3. The molecule has 0 unspecified atom stereocenters. The Kier molecular flexibility index (Phi) is 9.11. The van der Waals surface area contributed by atoms with E-state index in [1.807, 2.05) is 25.1 Å². The van der Waals surface area contributed by atoms with Gasteiger partial charge < -0.3 is 23.9 Å². The molecule has 3 heterocycles. The third-order valence-corrected chi connectivity index (χ3v) is 10.9. The summed E-state index contributed by atoms with van der Waals surface area (Å²) in [5.74, 6) is 0.414. The standard InChI is InChI=1S/C35H47N3O6/c1-4-24-29(21-39)38-20-31(24)44-33-27(36-26-14-13-23(42-3)18-28(26)37-33)12-8-5-7-11-22-17-30(22)43-32(40)19-25(34(38)41)35(2)15-9-6-10-16-35/h13-14,18,21-22,24-25,29-31H,4-12,15-17,19-20H2,1-3H3/t22-,24+,25-,29-,30-,31+/m1/s1. The van der Waals surface area contributed by atoms with Crippen molar-refractivity contribution in [3.05, 3.63) is 23.9 Å². The zero-order valence-electron chi connectivity index (χ0n) is 26.5. The average molecular weight is 606 g/mol. The van der Waals surface area contributed by atoms with E-state index < -0.39 is 18.1 Å². The van der Waals surface area contributed by atoms with Crippen LogP contribution in [-0.4, -0.2) is 64.9 Å². The molecule has 3 fully saturated rings. The molecule has 2 aliphatic carbocycles. The molecule has 2 aliphatic heterocycles. The fourth-order valence-corrected chi connectivity index (χ4v) is 7.99. The number of carbonyl (C=O) groups is 3. The van der Waals surface area contributed by atoms with E-state index in [4.69, 9.17) is 24.2 Å². The first kappa shape index (κ1) is 30.8. The summed E-state index contributed by atoms with van der Waals surface area (Å²) >= 11 is 0. The summed E-state index contributed by atoms with van der Waals surface area (Å²) in [5.41, 5.74) is 1.95. The molecule has 6 atom stereocenters. The van der Waals surface area contributed by atoms with E-state index in [0.717, 1.165) is 88.1 Å². The van der Waals surface area contributed by atoms with E-state index >= 15 is 0 Å². The van der Waals surface area contributed by atoms with Gasteiger partial charge in [-0.2, -0.15) is 0 Å². The monoisotopic (exact) mass is 605 g/mol. The second-order valence-corrected chi connectivity index (χ2v) is 13.8. The van der Waals surface area contributed by atoms with Crippen LogP contribution in [0, 0.1) is 23.2 Å². The molecule has 44 heavy (non-hydrogen) atoms. The van der Waals surface area contributed by atoms with Gasteiger partial charge in [0.2, 0.25) is 11.8 Å². The van der Waals surface area contributed by atoms with Crippen LogP contribution in [0.2, 0.25) is 0 Å². The molecule has 2 saturated carbocycles. The van der Waals surface area contributed by atoms with E-state index in [1.54, 1.807) is 12.0 Å². The highest BCUT2D eigenvalue weighted by Crippen LogP contribution is 2.47. The Morgan fingerprint density at radius 2 is 1.82 bits per heavy atom. The first-order chi connectivity index (χ1) is 21.3. The van der Waals surface area contributed by atoms with Crippen molar-refractivity contribution in [3.63, 3.8) is 0 Å². The number of aryl methyl sites for hydroxylation is 1. The van der Waals surface area contributed by atoms with Crippen LogP contribution in [0.3, 0.4) is 0 Å². The SMILES string of the molecule is CC[C@@H]1[C@@H]2CN(C(=O)[C@H](C3(C)CCCCC3)CC(=O)O[C@@H]3C[C@H]3CCCCCc3nc4ccc(OC)cc4nc3O2)[C@@H]1C=O. The molecule has 238 valence electrons. The summed E-state index contributed by atoms with van der Waals surface area (Å²) in [7, 11) is 1.62. The van der Waals surface area contributed by atoms with Crippen molar-refractivity contribution in [3.8, 4) is 11.6 Å². The lowest BCUT2D eigenvalue weighted by molar-refractivity contribution is -0.155. The van der Waals surface area contributed by atoms with Crippen molar-refractivity contribution in [2.24, 2.45) is 23.2 Å². The number of hydrogen-bond donors (Lipinski definition) is 0. The maximum atomic E-state index is 14.5. The van der Waals surface area contributed by atoms with Gasteiger partial charge in [-0.25, -0.2) is 9.97 Å². The summed E-state index contributed by atoms with van der Waals surface area (Å²) in [5, 5.41) is 0. The number of esters is 1. The van der Waals surface area contributed by atoms with Crippen LogP contribution in [0.15, 0.2) is 18.2 Å². The molecule has 1 aromatic heterocycles. The fourth-order valence-electron chi connectivity index (χ4n) is 7.99. The van der Waals surface area contributed by atoms with Crippen molar-refractivity contribution >= 4 is 29.2 Å². The molecule has 0 radical (unpaired) electrons. The van der Waals surface area contributed by atoms with Crippen molar-refractivity contribution in [1.82, 2.24) is 14.9 Å². The number of aromatic nitrogens is 2. The third-order valence-electron chi connectivity index (χ3n) is 10.9. The largest absolute Gasteiger partial charge is 0.497 e. The lowest BCUT2D eigenvalue weighted by atomic mass is 9.65. The predicted octanol–water partition coefficient (Wildman–Crippen LogP) is 5.85. The van der Waals surface area contributed by atoms with Gasteiger partial charge in [0.25, 0.3) is 0 Å². The van der Waals surface area contributed by atoms with Gasteiger partial charge in [0.1, 0.15) is 29.9 Å². The van der Waals surface area contributed by atoms with Crippen LogP contribution >= 0.6 is 0 Å². The summed E-state index contributed by atoms with van der Waals surface area (Å²) in [6.45, 7) is 4.45. The quantitative estimate of drug-likeness (QED) is 0.316. The minimum Gasteiger partial charge on any atom is -0.497 e. The van der Waals surface area contributed by atoms with Crippen LogP contribution in [0.25, 0.3) is 11.0 Å². The third kappa shape index (κ3) is 6.29. The zero-order chi connectivity index (χ0) is 30.8. The Balaban J connectivity index is 1.36. The van der Waals surface area contributed by atoms with Crippen LogP contribution in [0.4, 0.5) is 0 Å². The van der Waals surface area contributed by atoms with Gasteiger partial charge in [-0.05, 0) is 68.4 Å². The topological polar surface area (TPSA) is 108 Å². The summed E-state index contributed by atoms with van der Waals surface area (Å²) in [6.07, 6.45) is 11.8. The molecule has 6 rings (SSSR count). The van der Waals surface area contributed by atoms with E-state index in [2.05, 4.69) is 6.92 Å². The first-order valence-corrected chi connectivity index (χ1v) is 16.8. The number of benzene rings is 1. The molecule has 4 aliphatic rings. The Bertz CT molecular complexity index is 1370. The van der Waals surface area contributed by atoms with Gasteiger partial charge in [0, 0.05) is 12.0 Å². The number of fused-ring (bicyclic) bond motifs is 5. The second kappa shape index (κ2) is 13.0. The second-order valence-electron chi connectivity index (χ2n) is 13.8. The normalized spacial score (nSPS) is 31.1. The van der Waals surface area contributed by atoms with Gasteiger partial charge in [0.15, 0.2) is 0 Å². The Morgan fingerprint density at radius 3 is 2.57 bits per heavy atom. The number of aldehydes is 1. The number of hydrogen-bond acceptors (Lipinski definition) is 8. The van der Waals surface area contributed by atoms with Crippen molar-refractivity contribution < 1.29 is 28.6 Å². The maximum absolute atomic E-state index is 14.5. The number of rotatable bonds is 4. The minimum absolute atomic E-state index is 0.0389. The molecule has 2 bridgehead atoms. The molecule has 0 N–H and O–H groups in total. The smallest absolute Gasteiger partial charge is 0.306 e. The number of carbonyl (C=O) groups excluding carboxylic acids is 3. The van der Waals surface area contributed by atoms with Crippen LogP contribution < -0.4 is 9.47 Å². The molecule has 2 aromatic rings. The summed E-state index contributed by atoms with van der Waals surface area (Å²) < 4.78 is 18.1. The van der Waals surface area contributed by atoms with E-state index in [9.17, 15) is 14.4 Å². The molecule has 1 aromatic carbocycles. The number of amides is 1. The Hall–Kier alpha value is -3.23. The molecular formula is C35H47N3O6. The molecule has 9 nitrogen and oxygen atoms in total. The van der Waals surface area contributed by atoms with Gasteiger partial charge >= 0.3 is 5.97 Å². The Labute approximate surface area is 260 Å². The number of nitrogens with zero attached hydrogens (tertiary/aromatic N) is 3. The maximum Gasteiger partial charge on any atom is 0.306 e. The number of methoxy groups -OCH3 is 1. The molecule has 1 amide bonds. The first-order valence-electron chi connectivity index (χ1n) is 16.8. The summed E-state index contributed by atoms with van der Waals surface area (Å²) in [4.78, 5) is 52.1. The Morgan fingerprint density at radius 1 is 1.02 bits per heavy atom. The molecule has 0 spiro atoms. The van der Waals surface area contributed by atoms with Gasteiger partial charge in [-0.3, -0.25) is 9.59 Å². The van der Waals surface area contributed by atoms with Gasteiger partial charge in [0.05, 0.1) is 43.1 Å². The van der Waals surface area contributed by atoms with E-state index in [1.165, 1.54) is 0 Å². The highest BCUT2D eigenvalue weighted by Gasteiger charge is 2.51. The summed E-state index contributed by atoms with van der Waals surface area (Å²) in [6, 6.07) is 5.03. The highest BCUT2D eigenvalue weighted by molar-refractivity contribution is 5.87. The lowest BCUT2D eigenvalue weighted by Crippen LogP contribution is -2.48. The van der Waals surface area contributed by atoms with Crippen molar-refractivity contribution in [2.75, 3.05) is 13.7 Å². The van der Waals surface area contributed by atoms with Gasteiger partial charge in [-0.1, -0.05) is 46.0 Å². The molecular weight excluding hydrogens is 558 g/mol. The van der Waals surface area contributed by atoms with Crippen LogP contribution in [0.1, 0.15) is 96.6 Å². The van der Waals surface area contributed by atoms with Crippen LogP contribution in [0.5, 0.6) is 11.6 Å². The lowest BCUT2D eigenvalue weighted by Gasteiger charge is -2.41. The fraction of sp³-hybridized carbons (Fsp3) is 0.686. The zero-order valence-corrected chi connectivity index (χ0v) is 26.5. The van der Waals surface area contributed by atoms with Crippen LogP contribution in [-0.2, 0) is 25.5 Å². The van der Waals surface area contributed by atoms with E-state index in [0.29, 0.717) is 29.5 Å². The molecule has 9 heteroatoms. The van der Waals surface area contributed by atoms with Crippen molar-refractivity contribution in [2.45, 2.75) is 116 Å². The highest BCUT2D eigenvalue weighted by atomic mass is 16.5. The van der Waals surface area contributed by atoms with E-state index in [-0.39, 0.29) is 42.3 Å². The average Bonchev–Trinajstić information content (AvgIpc) is 3.66. The predicted molar refractivity (Wildman–Crippen MR) is 165 cm³/mol. The van der Waals surface area contributed by atoms with Gasteiger partial charge in [-0.15, -0.1) is 0 Å².